The van der Waals surface area contributed by atoms with Gasteiger partial charge in [-0.1, -0.05) is 246 Å². The number of alkyl halides is 2. The molecule has 10 aromatic rings. The van der Waals surface area contributed by atoms with Gasteiger partial charge >= 0.3 is 21.2 Å². The van der Waals surface area contributed by atoms with Crippen molar-refractivity contribution in [2.24, 2.45) is 0 Å². The SMILES string of the molecule is CC(C)(C)c1ccc([I+]c2ccc(C(C)(C)C)cc2)cc1.CC(C)(C)c1ccc([S+](c2ccccc2)c2ccccc2O)cc1.CC(C)(C)c1ccc([S+](c2ccccc2)c2ccccc2[O-])cc1.CS(=O)(=O)O[O-].CS(=O)(=O)O[O-].ClCCl.Oc1ccccc1Sc1ccccc1. The summed E-state index contributed by atoms with van der Waals surface area (Å²) in [7, 11) is -8.12. The van der Waals surface area contributed by atoms with Crippen molar-refractivity contribution in [3.05, 3.63) is 290 Å². The maximum atomic E-state index is 12.4. The molecule has 0 bridgehead atoms. The Balaban J connectivity index is 0.000000262. The Morgan fingerprint density at radius 1 is 0.388 bits per heavy atom. The molecule has 522 valence electrons. The van der Waals surface area contributed by atoms with Crippen LogP contribution in [0.15, 0.2) is 300 Å². The van der Waals surface area contributed by atoms with E-state index >= 15 is 0 Å². The van der Waals surface area contributed by atoms with Crippen LogP contribution >= 0.6 is 35.0 Å². The zero-order valence-electron chi connectivity index (χ0n) is 57.8. The molecule has 98 heavy (non-hydrogen) atoms. The summed E-state index contributed by atoms with van der Waals surface area (Å²) in [5, 5.41) is 50.3. The maximum Gasteiger partial charge on any atom is 0.357 e. The fourth-order valence-electron chi connectivity index (χ4n) is 8.63. The van der Waals surface area contributed by atoms with Crippen LogP contribution in [-0.2, 0) is 72.4 Å². The molecule has 2 N–H and O–H groups in total. The standard InChI is InChI=1S/2C22H22OS.C20H26I.C12H10OS.CH2Cl2.2CH4O4S/c2*1-22(2,3)17-13-15-19(16-14-17)24(18-9-5-4-6-10-18)21-12-8-7-11-20(21)23;1-19(2,3)15-7-11-17(12-8-15)21-18-13-9-16(10-14-18)20(4,5)6;13-11-8-4-5-9-12(11)14-10-6-2-1-3-7-10;2-1-3;2*1-6(3,4)5-2/h2*4-16H,1-3H3;7-14H,1-6H3;1-9,13H;1H2;2*2H,1H3/q;;+1;;;;/p-1. The third kappa shape index (κ3) is 30.3. The molecule has 10 rings (SSSR count). The second-order valence-corrected chi connectivity index (χ2v) is 37.9. The van der Waals surface area contributed by atoms with E-state index in [0.717, 1.165) is 19.6 Å². The minimum atomic E-state index is -3.72. The topological polar surface area (TPSA) is 196 Å². The lowest BCUT2D eigenvalue weighted by atomic mass is 9.87. The fraction of sp³-hybridized carbons (Fsp3) is 0.241. The lowest BCUT2D eigenvalue weighted by Gasteiger charge is -2.19. The van der Waals surface area contributed by atoms with Gasteiger partial charge in [-0.05, 0) is 159 Å². The van der Waals surface area contributed by atoms with Crippen LogP contribution in [0.3, 0.4) is 0 Å². The molecular weight excluding hydrogens is 1480 g/mol. The monoisotopic (exact) mass is 1570 g/mol. The van der Waals surface area contributed by atoms with Crippen LogP contribution in [0.4, 0.5) is 0 Å². The van der Waals surface area contributed by atoms with Crippen LogP contribution in [0.25, 0.3) is 0 Å². The molecule has 0 fully saturated rings. The first-order valence-corrected chi connectivity index (χ1v) is 41.0. The molecule has 0 heterocycles. The van der Waals surface area contributed by atoms with Crippen LogP contribution in [-0.4, -0.2) is 44.9 Å². The van der Waals surface area contributed by atoms with Crippen molar-refractivity contribution in [2.75, 3.05) is 17.9 Å². The second-order valence-electron chi connectivity index (χ2n) is 25.8. The molecule has 0 amide bonds. The number of hydrogen-bond donors (Lipinski definition) is 2. The van der Waals surface area contributed by atoms with Gasteiger partial charge in [0.2, 0.25) is 4.90 Å². The first-order valence-electron chi connectivity index (χ1n) is 30.8. The molecule has 0 radical (unpaired) electrons. The van der Waals surface area contributed by atoms with Gasteiger partial charge in [-0.2, -0.15) is 0 Å². The van der Waals surface area contributed by atoms with E-state index < -0.39 is 20.2 Å². The van der Waals surface area contributed by atoms with E-state index in [1.54, 1.807) is 36.0 Å². The zero-order valence-corrected chi connectivity index (χ0v) is 65.5. The van der Waals surface area contributed by atoms with Crippen molar-refractivity contribution in [1.82, 2.24) is 0 Å². The van der Waals surface area contributed by atoms with E-state index in [1.165, 1.54) is 49.0 Å². The van der Waals surface area contributed by atoms with Gasteiger partial charge in [0, 0.05) is 4.90 Å². The van der Waals surface area contributed by atoms with E-state index in [1.807, 2.05) is 103 Å². The van der Waals surface area contributed by atoms with Crippen LogP contribution in [0, 0.1) is 7.14 Å². The molecule has 19 heteroatoms. The van der Waals surface area contributed by atoms with Crippen molar-refractivity contribution in [1.29, 1.82) is 0 Å². The van der Waals surface area contributed by atoms with Gasteiger partial charge < -0.3 is 34.5 Å². The molecule has 0 spiro atoms. The Hall–Kier alpha value is -6.30. The Labute approximate surface area is 613 Å². The van der Waals surface area contributed by atoms with Crippen molar-refractivity contribution in [3.8, 4) is 17.2 Å². The van der Waals surface area contributed by atoms with Crippen molar-refractivity contribution in [3.63, 3.8) is 0 Å². The quantitative estimate of drug-likeness (QED) is 0.0387. The summed E-state index contributed by atoms with van der Waals surface area (Å²) in [4.78, 5) is 8.62. The average Bonchev–Trinajstić information content (AvgIpc) is 0.802. The van der Waals surface area contributed by atoms with Crippen LogP contribution in [0.5, 0.6) is 17.2 Å². The lowest BCUT2D eigenvalue weighted by molar-refractivity contribution is -0.634. The first-order chi connectivity index (χ1) is 46.0. The Kier molecular flexibility index (Phi) is 34.5. The molecule has 2 unspecified atom stereocenters. The maximum absolute atomic E-state index is 12.4. The Morgan fingerprint density at radius 3 is 0.969 bits per heavy atom. The van der Waals surface area contributed by atoms with Crippen molar-refractivity contribution >= 4 is 77.0 Å². The highest BCUT2D eigenvalue weighted by molar-refractivity contribution is 7.99. The van der Waals surface area contributed by atoms with Gasteiger partial charge in [0.05, 0.1) is 33.6 Å². The number of phenolic OH excluding ortho intramolecular Hbond substituents is 2. The summed E-state index contributed by atoms with van der Waals surface area (Å²) in [5.74, 6) is 0.788. The highest BCUT2D eigenvalue weighted by atomic mass is 127. The smallest absolute Gasteiger partial charge is 0.357 e. The molecule has 10 aromatic carbocycles. The Bertz CT molecular complexity index is 3940. The van der Waals surface area contributed by atoms with E-state index in [9.17, 15) is 32.2 Å². The molecule has 0 saturated heterocycles. The number of halogens is 3. The van der Waals surface area contributed by atoms with Crippen LogP contribution < -0.4 is 36.8 Å². The number of aromatic hydroxyl groups is 2. The third-order valence-corrected chi connectivity index (χ3v) is 22.5. The fourth-order valence-corrected chi connectivity index (χ4v) is 15.9. The normalized spacial score (nSPS) is 12.0. The summed E-state index contributed by atoms with van der Waals surface area (Å²) < 4.78 is 46.2. The first kappa shape index (κ1) is 84.1. The number of hydrogen-bond acceptors (Lipinski definition) is 12. The second kappa shape index (κ2) is 40.2. The third-order valence-electron chi connectivity index (χ3n) is 13.7. The predicted octanol–water partition coefficient (Wildman–Crippen LogP) is 14.8. The molecule has 0 aliphatic heterocycles. The minimum absolute atomic E-state index is 0.0703. The number of phenols is 2. The summed E-state index contributed by atoms with van der Waals surface area (Å²) in [5.41, 5.74) is 6.20. The van der Waals surface area contributed by atoms with Gasteiger partial charge in [0.25, 0.3) is 20.2 Å². The van der Waals surface area contributed by atoms with Crippen LogP contribution in [0.2, 0.25) is 0 Å². The van der Waals surface area contributed by atoms with Gasteiger partial charge in [-0.15, -0.1) is 23.2 Å². The number of rotatable bonds is 12. The van der Waals surface area contributed by atoms with Gasteiger partial charge in [0.15, 0.2) is 37.4 Å². The minimum Gasteiger partial charge on any atom is -0.869 e. The highest BCUT2D eigenvalue weighted by Crippen LogP contribution is 2.39. The molecule has 0 saturated carbocycles. The zero-order chi connectivity index (χ0) is 72.9. The summed E-state index contributed by atoms with van der Waals surface area (Å²) in [6.07, 6.45) is 1.36. The summed E-state index contributed by atoms with van der Waals surface area (Å²) >= 11 is 11.0. The molecular formula is C79H89Cl2IO11S5. The number of para-hydroxylation sites is 3. The van der Waals surface area contributed by atoms with Gasteiger partial charge in [-0.3, -0.25) is 0 Å². The lowest BCUT2D eigenvalue weighted by Crippen LogP contribution is -3.61. The number of benzene rings is 10. The largest absolute Gasteiger partial charge is 0.869 e. The van der Waals surface area contributed by atoms with Crippen molar-refractivity contribution < 1.29 is 72.5 Å². The highest BCUT2D eigenvalue weighted by Gasteiger charge is 2.33. The van der Waals surface area contributed by atoms with Gasteiger partial charge in [0.1, 0.15) is 16.6 Å². The molecule has 2 atom stereocenters. The predicted molar refractivity (Wildman–Crippen MR) is 396 cm³/mol. The van der Waals surface area contributed by atoms with Crippen LogP contribution in [0.1, 0.15) is 105 Å². The molecule has 0 aromatic heterocycles. The van der Waals surface area contributed by atoms with E-state index in [4.69, 9.17) is 33.7 Å². The molecule has 11 nitrogen and oxygen atoms in total. The molecule has 0 aliphatic carbocycles. The van der Waals surface area contributed by atoms with Crippen molar-refractivity contribution in [2.45, 2.75) is 144 Å². The molecule has 0 aliphatic rings. The van der Waals surface area contributed by atoms with E-state index in [2.05, 4.69) is 225 Å². The Morgan fingerprint density at radius 2 is 0.653 bits per heavy atom. The van der Waals surface area contributed by atoms with E-state index in [-0.39, 0.29) is 75.7 Å². The average molecular weight is 1570 g/mol. The summed E-state index contributed by atoms with van der Waals surface area (Å²) in [6, 6.07) is 89.0. The summed E-state index contributed by atoms with van der Waals surface area (Å²) in [6.45, 7) is 26.9. The van der Waals surface area contributed by atoms with E-state index in [0.29, 0.717) is 24.0 Å². The van der Waals surface area contributed by atoms with Gasteiger partial charge in [-0.25, -0.2) is 16.8 Å².